The number of nitro benzene ring substituents is 1. The third-order valence-electron chi connectivity index (χ3n) is 3.47. The highest BCUT2D eigenvalue weighted by atomic mass is 19.1. The van der Waals surface area contributed by atoms with E-state index in [-0.39, 0.29) is 17.6 Å². The number of nitrogens with one attached hydrogen (secondary N) is 1. The highest BCUT2D eigenvalue weighted by Crippen LogP contribution is 2.25. The number of carbonyl (C=O) groups is 1. The van der Waals surface area contributed by atoms with E-state index in [2.05, 4.69) is 5.32 Å². The molecule has 2 unspecified atom stereocenters. The molecule has 2 N–H and O–H groups in total. The Hall–Kier alpha value is -2.02. The number of rotatable bonds is 4. The van der Waals surface area contributed by atoms with E-state index < -0.39 is 22.3 Å². The smallest absolute Gasteiger partial charge is 0.285 e. The Morgan fingerprint density at radius 1 is 1.50 bits per heavy atom. The molecule has 7 heteroatoms. The molecule has 0 heterocycles. The number of hydrogen-bond donors (Lipinski definition) is 2. The first kappa shape index (κ1) is 14.4. The van der Waals surface area contributed by atoms with Gasteiger partial charge < -0.3 is 10.4 Å². The molecule has 2 rings (SSSR count). The monoisotopic (exact) mass is 282 g/mol. The lowest BCUT2D eigenvalue weighted by atomic mass is 10.1. The van der Waals surface area contributed by atoms with Crippen molar-refractivity contribution in [1.82, 2.24) is 5.32 Å². The molecule has 0 bridgehead atoms. The Kier molecular flexibility index (Phi) is 4.29. The topological polar surface area (TPSA) is 92.5 Å². The number of aliphatic hydroxyl groups is 1. The van der Waals surface area contributed by atoms with Crippen LogP contribution in [0.15, 0.2) is 18.2 Å². The standard InChI is InChI=1S/C13H15FN2O4/c14-9-2-4-11(12(6-9)16(19)20)13(18)15-7-8-1-3-10(17)5-8/h2,4,6,8,10,17H,1,3,5,7H2,(H,15,18). The van der Waals surface area contributed by atoms with Crippen molar-refractivity contribution in [1.29, 1.82) is 0 Å². The number of carbonyl (C=O) groups excluding carboxylic acids is 1. The van der Waals surface area contributed by atoms with Gasteiger partial charge >= 0.3 is 0 Å². The molecule has 1 fully saturated rings. The Balaban J connectivity index is 2.03. The molecule has 0 saturated heterocycles. The summed E-state index contributed by atoms with van der Waals surface area (Å²) < 4.78 is 13.0. The van der Waals surface area contributed by atoms with E-state index in [9.17, 15) is 24.4 Å². The average Bonchev–Trinajstić information content (AvgIpc) is 2.81. The zero-order valence-electron chi connectivity index (χ0n) is 10.7. The van der Waals surface area contributed by atoms with Crippen LogP contribution in [0.25, 0.3) is 0 Å². The minimum absolute atomic E-state index is 0.157. The van der Waals surface area contributed by atoms with Gasteiger partial charge in [0.2, 0.25) is 0 Å². The maximum absolute atomic E-state index is 13.0. The number of amides is 1. The van der Waals surface area contributed by atoms with E-state index in [1.807, 2.05) is 0 Å². The number of hydrogen-bond acceptors (Lipinski definition) is 4. The largest absolute Gasteiger partial charge is 0.393 e. The molecule has 0 aliphatic heterocycles. The van der Waals surface area contributed by atoms with E-state index in [1.54, 1.807) is 0 Å². The van der Waals surface area contributed by atoms with Crippen LogP contribution >= 0.6 is 0 Å². The molecular formula is C13H15FN2O4. The zero-order chi connectivity index (χ0) is 14.7. The van der Waals surface area contributed by atoms with Gasteiger partial charge in [-0.1, -0.05) is 0 Å². The molecule has 1 aliphatic rings. The summed E-state index contributed by atoms with van der Waals surface area (Å²) in [5.74, 6) is -1.18. The average molecular weight is 282 g/mol. The van der Waals surface area contributed by atoms with Gasteiger partial charge in [-0.25, -0.2) is 4.39 Å². The molecule has 108 valence electrons. The number of nitrogens with zero attached hydrogens (tertiary/aromatic N) is 1. The van der Waals surface area contributed by atoms with Gasteiger partial charge in [-0.2, -0.15) is 0 Å². The van der Waals surface area contributed by atoms with Crippen molar-refractivity contribution in [2.24, 2.45) is 5.92 Å². The van der Waals surface area contributed by atoms with Crippen LogP contribution in [0.4, 0.5) is 10.1 Å². The molecule has 0 spiro atoms. The van der Waals surface area contributed by atoms with Crippen molar-refractivity contribution in [2.75, 3.05) is 6.54 Å². The number of nitro groups is 1. The molecular weight excluding hydrogens is 267 g/mol. The second kappa shape index (κ2) is 5.96. The highest BCUT2D eigenvalue weighted by Gasteiger charge is 2.25. The minimum atomic E-state index is -0.780. The van der Waals surface area contributed by atoms with Crippen LogP contribution < -0.4 is 5.32 Å². The summed E-state index contributed by atoms with van der Waals surface area (Å²) in [7, 11) is 0. The third-order valence-corrected chi connectivity index (χ3v) is 3.47. The first-order valence-corrected chi connectivity index (χ1v) is 6.37. The van der Waals surface area contributed by atoms with E-state index in [1.165, 1.54) is 0 Å². The van der Waals surface area contributed by atoms with Crippen LogP contribution in [-0.2, 0) is 0 Å². The predicted octanol–water partition coefficient (Wildman–Crippen LogP) is 1.62. The Bertz CT molecular complexity index is 535. The second-order valence-electron chi connectivity index (χ2n) is 4.96. The van der Waals surface area contributed by atoms with Crippen molar-refractivity contribution in [3.8, 4) is 0 Å². The van der Waals surface area contributed by atoms with E-state index in [4.69, 9.17) is 0 Å². The predicted molar refractivity (Wildman–Crippen MR) is 68.7 cm³/mol. The summed E-state index contributed by atoms with van der Waals surface area (Å²) in [5, 5.41) is 22.8. The maximum atomic E-state index is 13.0. The van der Waals surface area contributed by atoms with Gasteiger partial charge in [0.1, 0.15) is 11.4 Å². The van der Waals surface area contributed by atoms with E-state index in [0.717, 1.165) is 24.6 Å². The van der Waals surface area contributed by atoms with Crippen LogP contribution in [-0.4, -0.2) is 28.6 Å². The molecule has 20 heavy (non-hydrogen) atoms. The molecule has 1 amide bonds. The van der Waals surface area contributed by atoms with Crippen LogP contribution in [0.5, 0.6) is 0 Å². The molecule has 1 aromatic rings. The SMILES string of the molecule is O=C(NCC1CCC(O)C1)c1ccc(F)cc1[N+](=O)[O-]. The van der Waals surface area contributed by atoms with Gasteiger partial charge in [-0.15, -0.1) is 0 Å². The summed E-state index contributed by atoms with van der Waals surface area (Å²) >= 11 is 0. The fourth-order valence-electron chi connectivity index (χ4n) is 2.41. The summed E-state index contributed by atoms with van der Waals surface area (Å²) in [5.41, 5.74) is -0.705. The van der Waals surface area contributed by atoms with Gasteiger partial charge in [0.15, 0.2) is 0 Å². The molecule has 6 nitrogen and oxygen atoms in total. The van der Waals surface area contributed by atoms with Gasteiger partial charge in [-0.3, -0.25) is 14.9 Å². The summed E-state index contributed by atoms with van der Waals surface area (Å²) in [4.78, 5) is 21.9. The lowest BCUT2D eigenvalue weighted by molar-refractivity contribution is -0.385. The summed E-state index contributed by atoms with van der Waals surface area (Å²) in [6.45, 7) is 0.352. The first-order chi connectivity index (χ1) is 9.47. The van der Waals surface area contributed by atoms with Gasteiger partial charge in [0.05, 0.1) is 17.1 Å². The molecule has 0 radical (unpaired) electrons. The molecule has 1 aromatic carbocycles. The lowest BCUT2D eigenvalue weighted by Gasteiger charge is -2.11. The molecule has 0 aromatic heterocycles. The van der Waals surface area contributed by atoms with Gasteiger partial charge in [0.25, 0.3) is 11.6 Å². The van der Waals surface area contributed by atoms with Crippen molar-refractivity contribution >= 4 is 11.6 Å². The zero-order valence-corrected chi connectivity index (χ0v) is 10.7. The molecule has 1 saturated carbocycles. The van der Waals surface area contributed by atoms with Crippen molar-refractivity contribution < 1.29 is 19.2 Å². The minimum Gasteiger partial charge on any atom is -0.393 e. The highest BCUT2D eigenvalue weighted by molar-refractivity contribution is 5.98. The summed E-state index contributed by atoms with van der Waals surface area (Å²) in [6.07, 6.45) is 1.80. The van der Waals surface area contributed by atoms with E-state index in [0.29, 0.717) is 19.4 Å². The normalized spacial score (nSPS) is 21.7. The van der Waals surface area contributed by atoms with Crippen molar-refractivity contribution in [3.05, 3.63) is 39.7 Å². The number of benzene rings is 1. The van der Waals surface area contributed by atoms with Gasteiger partial charge in [-0.05, 0) is 37.3 Å². The fourth-order valence-corrected chi connectivity index (χ4v) is 2.41. The fraction of sp³-hybridized carbons (Fsp3) is 0.462. The molecule has 2 atom stereocenters. The Morgan fingerprint density at radius 3 is 2.85 bits per heavy atom. The van der Waals surface area contributed by atoms with Crippen LogP contribution in [0.2, 0.25) is 0 Å². The Morgan fingerprint density at radius 2 is 2.25 bits per heavy atom. The second-order valence-corrected chi connectivity index (χ2v) is 4.96. The van der Waals surface area contributed by atoms with Crippen LogP contribution in [0, 0.1) is 21.8 Å². The third kappa shape index (κ3) is 3.30. The maximum Gasteiger partial charge on any atom is 0.285 e. The lowest BCUT2D eigenvalue weighted by Crippen LogP contribution is -2.29. The molecule has 1 aliphatic carbocycles. The number of halogens is 1. The van der Waals surface area contributed by atoms with Crippen LogP contribution in [0.3, 0.4) is 0 Å². The van der Waals surface area contributed by atoms with Gasteiger partial charge in [0, 0.05) is 6.54 Å². The van der Waals surface area contributed by atoms with Crippen LogP contribution in [0.1, 0.15) is 29.6 Å². The van der Waals surface area contributed by atoms with E-state index >= 15 is 0 Å². The summed E-state index contributed by atoms with van der Waals surface area (Å²) in [6, 6.07) is 2.85. The quantitative estimate of drug-likeness (QED) is 0.648. The van der Waals surface area contributed by atoms with Crippen molar-refractivity contribution in [2.45, 2.75) is 25.4 Å². The van der Waals surface area contributed by atoms with Crippen molar-refractivity contribution in [3.63, 3.8) is 0 Å². The Labute approximate surface area is 114 Å². The first-order valence-electron chi connectivity index (χ1n) is 6.37. The number of aliphatic hydroxyl groups excluding tert-OH is 1.